The molecule has 0 aliphatic carbocycles. The molecule has 1 rings (SSSR count). The third kappa shape index (κ3) is 2.12. The van der Waals surface area contributed by atoms with Crippen molar-refractivity contribution in [1.29, 1.82) is 0 Å². The number of quaternary nitrogens is 1. The molecule has 1 atom stereocenters. The van der Waals surface area contributed by atoms with Gasteiger partial charge in [0.2, 0.25) is 0 Å². The summed E-state index contributed by atoms with van der Waals surface area (Å²) in [5.74, 6) is 0. The second-order valence-corrected chi connectivity index (χ2v) is 4.97. The minimum Gasteiger partial charge on any atom is -0.310 e. The predicted molar refractivity (Wildman–Crippen MR) is 62.1 cm³/mol. The van der Waals surface area contributed by atoms with E-state index in [0.29, 0.717) is 6.04 Å². The molecule has 1 aliphatic heterocycles. The quantitative estimate of drug-likeness (QED) is 0.628. The van der Waals surface area contributed by atoms with Gasteiger partial charge in [0.25, 0.3) is 0 Å². The molecule has 0 N–H and O–H groups in total. The van der Waals surface area contributed by atoms with Gasteiger partial charge in [-0.05, 0) is 34.1 Å². The normalized spacial score (nSPS) is 27.4. The maximum absolute atomic E-state index is 2.69. The monoisotopic (exact) mass is 199 g/mol. The molecule has 1 heterocycles. The van der Waals surface area contributed by atoms with Crippen LogP contribution in [0.5, 0.6) is 0 Å². The van der Waals surface area contributed by atoms with Crippen molar-refractivity contribution in [3.63, 3.8) is 0 Å². The van der Waals surface area contributed by atoms with Crippen LogP contribution in [0.4, 0.5) is 0 Å². The zero-order valence-corrected chi connectivity index (χ0v) is 10.6. The minimum absolute atomic E-state index is 0.707. The molecule has 1 aliphatic rings. The Bertz CT molecular complexity index is 173. The van der Waals surface area contributed by atoms with Crippen molar-refractivity contribution >= 4 is 0 Å². The fraction of sp³-hybridized carbons (Fsp3) is 1.00. The van der Waals surface area contributed by atoms with E-state index < -0.39 is 0 Å². The molecule has 1 unspecified atom stereocenters. The van der Waals surface area contributed by atoms with Crippen molar-refractivity contribution in [2.24, 2.45) is 0 Å². The van der Waals surface area contributed by atoms with Gasteiger partial charge >= 0.3 is 0 Å². The minimum atomic E-state index is 0.707. The maximum Gasteiger partial charge on any atom is 0.135 e. The summed E-state index contributed by atoms with van der Waals surface area (Å²) in [6.45, 7) is 16.9. The smallest absolute Gasteiger partial charge is 0.135 e. The van der Waals surface area contributed by atoms with E-state index in [9.17, 15) is 0 Å². The first-order valence-electron chi connectivity index (χ1n) is 6.19. The highest BCUT2D eigenvalue weighted by Gasteiger charge is 2.41. The summed E-state index contributed by atoms with van der Waals surface area (Å²) >= 11 is 0. The first-order chi connectivity index (χ1) is 6.58. The Morgan fingerprint density at radius 3 is 2.07 bits per heavy atom. The van der Waals surface area contributed by atoms with Gasteiger partial charge in [0, 0.05) is 6.04 Å². The number of rotatable bonds is 4. The highest BCUT2D eigenvalue weighted by atomic mass is 15.5. The Morgan fingerprint density at radius 1 is 1.21 bits per heavy atom. The molecule has 84 valence electrons. The lowest BCUT2D eigenvalue weighted by molar-refractivity contribution is -0.918. The van der Waals surface area contributed by atoms with Crippen LogP contribution in [0.2, 0.25) is 0 Å². The summed E-state index contributed by atoms with van der Waals surface area (Å²) in [5, 5.41) is 0. The van der Waals surface area contributed by atoms with Crippen molar-refractivity contribution in [1.82, 2.24) is 4.90 Å². The van der Waals surface area contributed by atoms with E-state index in [4.69, 9.17) is 0 Å². The van der Waals surface area contributed by atoms with E-state index in [1.807, 2.05) is 0 Å². The van der Waals surface area contributed by atoms with Gasteiger partial charge < -0.3 is 4.48 Å². The molecule has 0 aromatic heterocycles. The number of hydrogen-bond donors (Lipinski definition) is 0. The van der Waals surface area contributed by atoms with Crippen molar-refractivity contribution in [2.75, 3.05) is 26.3 Å². The highest BCUT2D eigenvalue weighted by molar-refractivity contribution is 4.77. The first-order valence-corrected chi connectivity index (χ1v) is 6.19. The van der Waals surface area contributed by atoms with Gasteiger partial charge in [0.15, 0.2) is 0 Å². The second kappa shape index (κ2) is 4.63. The van der Waals surface area contributed by atoms with E-state index in [2.05, 4.69) is 39.5 Å². The molecule has 0 aromatic rings. The van der Waals surface area contributed by atoms with Crippen molar-refractivity contribution in [2.45, 2.75) is 53.1 Å². The lowest BCUT2D eigenvalue weighted by atomic mass is 10.2. The summed E-state index contributed by atoms with van der Waals surface area (Å²) < 4.78 is 1.30. The van der Waals surface area contributed by atoms with E-state index >= 15 is 0 Å². The Hall–Kier alpha value is -0.0800. The third-order valence-electron chi connectivity index (χ3n) is 4.01. The molecule has 0 saturated carbocycles. The molecule has 0 bridgehead atoms. The molecule has 0 radical (unpaired) electrons. The van der Waals surface area contributed by atoms with Gasteiger partial charge in [-0.2, -0.15) is 0 Å². The van der Waals surface area contributed by atoms with Crippen LogP contribution in [0.1, 0.15) is 41.0 Å². The molecule has 0 spiro atoms. The molecular weight excluding hydrogens is 172 g/mol. The molecule has 1 saturated heterocycles. The Morgan fingerprint density at radius 2 is 1.79 bits per heavy atom. The fourth-order valence-electron chi connectivity index (χ4n) is 2.70. The Kier molecular flexibility index (Phi) is 3.96. The summed E-state index contributed by atoms with van der Waals surface area (Å²) in [7, 11) is 0. The summed E-state index contributed by atoms with van der Waals surface area (Å²) in [6.07, 6.45) is 1.30. The second-order valence-electron chi connectivity index (χ2n) is 4.97. The van der Waals surface area contributed by atoms with Gasteiger partial charge in [-0.1, -0.05) is 6.92 Å². The van der Waals surface area contributed by atoms with E-state index in [1.54, 1.807) is 0 Å². The average Bonchev–Trinajstić information content (AvgIpc) is 2.58. The lowest BCUT2D eigenvalue weighted by Crippen LogP contribution is -2.47. The largest absolute Gasteiger partial charge is 0.310 e. The van der Waals surface area contributed by atoms with Gasteiger partial charge in [-0.3, -0.25) is 0 Å². The SMILES string of the molecule is CCC1C[N+](CC)(CC)CN1C(C)C. The first kappa shape index (κ1) is 12.0. The molecule has 0 amide bonds. The molecule has 14 heavy (non-hydrogen) atoms. The van der Waals surface area contributed by atoms with Crippen LogP contribution in [-0.2, 0) is 0 Å². The van der Waals surface area contributed by atoms with Crippen LogP contribution in [-0.4, -0.2) is 47.8 Å². The lowest BCUT2D eigenvalue weighted by Gasteiger charge is -2.32. The standard InChI is InChI=1S/C12H27N2/c1-6-12-9-14(7-2,8-3)10-13(12)11(4)5/h11-12H,6-10H2,1-5H3/q+1. The van der Waals surface area contributed by atoms with E-state index in [0.717, 1.165) is 6.04 Å². The molecule has 0 aromatic carbocycles. The fourth-order valence-corrected chi connectivity index (χ4v) is 2.70. The van der Waals surface area contributed by atoms with Crippen LogP contribution < -0.4 is 0 Å². The van der Waals surface area contributed by atoms with Crippen LogP contribution in [0, 0.1) is 0 Å². The number of likely N-dealkylation sites (N-methyl/N-ethyl adjacent to an activating group) is 1. The van der Waals surface area contributed by atoms with Gasteiger partial charge in [0.1, 0.15) is 6.67 Å². The van der Waals surface area contributed by atoms with Gasteiger partial charge in [-0.25, -0.2) is 4.90 Å². The van der Waals surface area contributed by atoms with Crippen LogP contribution in [0.15, 0.2) is 0 Å². The molecule has 2 nitrogen and oxygen atoms in total. The topological polar surface area (TPSA) is 3.24 Å². The van der Waals surface area contributed by atoms with Gasteiger partial charge in [0.05, 0.1) is 25.7 Å². The summed E-state index contributed by atoms with van der Waals surface area (Å²) in [5.41, 5.74) is 0. The molecule has 2 heteroatoms. The van der Waals surface area contributed by atoms with Crippen LogP contribution >= 0.6 is 0 Å². The van der Waals surface area contributed by atoms with Crippen molar-refractivity contribution in [3.8, 4) is 0 Å². The Balaban J connectivity index is 2.72. The maximum atomic E-state index is 2.69. The molecular formula is C12H27N2+. The van der Waals surface area contributed by atoms with Crippen LogP contribution in [0.3, 0.4) is 0 Å². The third-order valence-corrected chi connectivity index (χ3v) is 4.01. The van der Waals surface area contributed by atoms with Crippen molar-refractivity contribution < 1.29 is 4.48 Å². The summed E-state index contributed by atoms with van der Waals surface area (Å²) in [4.78, 5) is 2.69. The predicted octanol–water partition coefficient (Wildman–Crippen LogP) is 2.30. The van der Waals surface area contributed by atoms with Gasteiger partial charge in [-0.15, -0.1) is 0 Å². The highest BCUT2D eigenvalue weighted by Crippen LogP contribution is 2.25. The zero-order valence-electron chi connectivity index (χ0n) is 10.6. The summed E-state index contributed by atoms with van der Waals surface area (Å²) in [6, 6.07) is 1.52. The number of nitrogens with zero attached hydrogens (tertiary/aromatic N) is 2. The molecule has 1 fully saturated rings. The zero-order chi connectivity index (χ0) is 10.8. The van der Waals surface area contributed by atoms with Crippen molar-refractivity contribution in [3.05, 3.63) is 0 Å². The Labute approximate surface area is 89.5 Å². The number of hydrogen-bond acceptors (Lipinski definition) is 1. The van der Waals surface area contributed by atoms with E-state index in [-0.39, 0.29) is 0 Å². The van der Waals surface area contributed by atoms with Crippen LogP contribution in [0.25, 0.3) is 0 Å². The van der Waals surface area contributed by atoms with E-state index in [1.165, 1.54) is 37.2 Å². The average molecular weight is 199 g/mol.